The predicted octanol–water partition coefficient (Wildman–Crippen LogP) is 5.40. The lowest BCUT2D eigenvalue weighted by Gasteiger charge is -2.29. The van der Waals surface area contributed by atoms with Crippen molar-refractivity contribution < 1.29 is 22.8 Å². The molecule has 0 aliphatic carbocycles. The topological polar surface area (TPSA) is 78.1 Å². The number of benzene rings is 3. The molecule has 0 fully saturated rings. The third-order valence-electron chi connectivity index (χ3n) is 6.10. The molecule has 0 spiro atoms. The largest absolute Gasteiger partial charge is 0.342 e. The van der Waals surface area contributed by atoms with Crippen molar-refractivity contribution in [2.75, 3.05) is 11.9 Å². The molecule has 0 atom stereocenters. The summed E-state index contributed by atoms with van der Waals surface area (Å²) in [5.74, 6) is -0.889. The van der Waals surface area contributed by atoms with E-state index in [1.807, 2.05) is 13.0 Å². The lowest BCUT2D eigenvalue weighted by atomic mass is 9.96. The van der Waals surface area contributed by atoms with Gasteiger partial charge in [0.05, 0.1) is 16.6 Å². The number of H-pyrrole nitrogens is 1. The Bertz CT molecular complexity index is 1460. The molecule has 35 heavy (non-hydrogen) atoms. The lowest BCUT2D eigenvalue weighted by molar-refractivity contribution is 0.0735. The fourth-order valence-corrected chi connectivity index (χ4v) is 4.32. The van der Waals surface area contributed by atoms with Crippen LogP contribution in [0.3, 0.4) is 0 Å². The van der Waals surface area contributed by atoms with Crippen LogP contribution in [-0.4, -0.2) is 33.2 Å². The van der Waals surface area contributed by atoms with Crippen LogP contribution in [0.4, 0.5) is 18.9 Å². The molecule has 2 N–H and O–H groups in total. The summed E-state index contributed by atoms with van der Waals surface area (Å²) in [6.07, 6.45) is -2.35. The SMILES string of the molecule is Cc1nc2ccc(C(=O)N3CCc4ccc(C(=O)Nc5ccc(F)c(C(F)F)c5)cc4C3)cc2[nH]1. The standard InChI is InChI=1S/C26H21F3N4O2/c1-14-30-22-7-4-17(11-23(22)31-14)26(35)33-9-8-15-2-3-16(10-18(15)13-33)25(34)32-19-5-6-21(27)20(12-19)24(28)29/h2-7,10-12,24H,8-9,13H2,1H3,(H,30,31)(H,32,34). The molecule has 0 saturated heterocycles. The average molecular weight is 478 g/mol. The summed E-state index contributed by atoms with van der Waals surface area (Å²) in [4.78, 5) is 35.1. The Morgan fingerprint density at radius 1 is 1.03 bits per heavy atom. The van der Waals surface area contributed by atoms with Gasteiger partial charge >= 0.3 is 0 Å². The molecule has 9 heteroatoms. The highest BCUT2D eigenvalue weighted by Crippen LogP contribution is 2.26. The molecule has 0 saturated carbocycles. The number of carbonyl (C=O) groups excluding carboxylic acids is 2. The van der Waals surface area contributed by atoms with Gasteiger partial charge < -0.3 is 15.2 Å². The van der Waals surface area contributed by atoms with Gasteiger partial charge in [0, 0.05) is 29.9 Å². The Morgan fingerprint density at radius 3 is 2.63 bits per heavy atom. The number of hydrogen-bond acceptors (Lipinski definition) is 3. The maximum Gasteiger partial charge on any atom is 0.266 e. The van der Waals surface area contributed by atoms with Gasteiger partial charge in [-0.1, -0.05) is 6.07 Å². The van der Waals surface area contributed by atoms with Crippen molar-refractivity contribution in [2.45, 2.75) is 26.3 Å². The van der Waals surface area contributed by atoms with E-state index in [1.54, 1.807) is 35.2 Å². The summed E-state index contributed by atoms with van der Waals surface area (Å²) < 4.78 is 39.5. The molecule has 2 amide bonds. The highest BCUT2D eigenvalue weighted by Gasteiger charge is 2.23. The molecule has 1 aromatic heterocycles. The van der Waals surface area contributed by atoms with E-state index in [9.17, 15) is 22.8 Å². The first-order chi connectivity index (χ1) is 16.8. The monoisotopic (exact) mass is 478 g/mol. The number of aromatic nitrogens is 2. The normalized spacial score (nSPS) is 13.2. The second-order valence-electron chi connectivity index (χ2n) is 8.51. The number of nitrogens with one attached hydrogen (secondary N) is 2. The van der Waals surface area contributed by atoms with Crippen molar-refractivity contribution in [3.8, 4) is 0 Å². The first-order valence-electron chi connectivity index (χ1n) is 11.0. The Morgan fingerprint density at radius 2 is 1.83 bits per heavy atom. The van der Waals surface area contributed by atoms with Gasteiger partial charge in [0.1, 0.15) is 11.6 Å². The van der Waals surface area contributed by atoms with Crippen LogP contribution in [0, 0.1) is 12.7 Å². The third-order valence-corrected chi connectivity index (χ3v) is 6.10. The second kappa shape index (κ2) is 8.90. The first kappa shape index (κ1) is 22.6. The van der Waals surface area contributed by atoms with Crippen LogP contribution in [0.25, 0.3) is 11.0 Å². The van der Waals surface area contributed by atoms with Gasteiger partial charge in [-0.15, -0.1) is 0 Å². The zero-order valence-corrected chi connectivity index (χ0v) is 18.7. The van der Waals surface area contributed by atoms with Gasteiger partial charge in [0.15, 0.2) is 0 Å². The number of halogens is 3. The molecular formula is C26H21F3N4O2. The van der Waals surface area contributed by atoms with Crippen LogP contribution in [-0.2, 0) is 13.0 Å². The van der Waals surface area contributed by atoms with Gasteiger partial charge in [-0.05, 0) is 73.0 Å². The average Bonchev–Trinajstić information content (AvgIpc) is 3.23. The number of alkyl halides is 2. The minimum Gasteiger partial charge on any atom is -0.342 e. The first-order valence-corrected chi connectivity index (χ1v) is 11.0. The molecule has 178 valence electrons. The molecule has 5 rings (SSSR count). The Kier molecular flexibility index (Phi) is 5.76. The second-order valence-corrected chi connectivity index (χ2v) is 8.51. The predicted molar refractivity (Wildman–Crippen MR) is 125 cm³/mol. The summed E-state index contributed by atoms with van der Waals surface area (Å²) in [5, 5.41) is 2.54. The molecule has 3 aromatic carbocycles. The van der Waals surface area contributed by atoms with Crippen molar-refractivity contribution in [1.29, 1.82) is 0 Å². The smallest absolute Gasteiger partial charge is 0.266 e. The lowest BCUT2D eigenvalue weighted by Crippen LogP contribution is -2.36. The number of carbonyl (C=O) groups is 2. The van der Waals surface area contributed by atoms with Crippen molar-refractivity contribution >= 4 is 28.5 Å². The summed E-state index contributed by atoms with van der Waals surface area (Å²) >= 11 is 0. The van der Waals surface area contributed by atoms with E-state index in [2.05, 4.69) is 15.3 Å². The number of nitrogens with zero attached hydrogens (tertiary/aromatic N) is 2. The molecular weight excluding hydrogens is 457 g/mol. The number of hydrogen-bond donors (Lipinski definition) is 2. The summed E-state index contributed by atoms with van der Waals surface area (Å²) in [6, 6.07) is 13.6. The van der Waals surface area contributed by atoms with E-state index < -0.39 is 23.7 Å². The summed E-state index contributed by atoms with van der Waals surface area (Å²) in [5.41, 5.74) is 3.62. The van der Waals surface area contributed by atoms with Gasteiger partial charge in [-0.25, -0.2) is 18.2 Å². The van der Waals surface area contributed by atoms with E-state index in [0.29, 0.717) is 30.6 Å². The van der Waals surface area contributed by atoms with Crippen LogP contribution in [0.2, 0.25) is 0 Å². The fourth-order valence-electron chi connectivity index (χ4n) is 4.32. The Balaban J connectivity index is 1.33. The van der Waals surface area contributed by atoms with Gasteiger partial charge in [0.2, 0.25) is 0 Å². The molecule has 6 nitrogen and oxygen atoms in total. The zero-order chi connectivity index (χ0) is 24.7. The summed E-state index contributed by atoms with van der Waals surface area (Å²) in [7, 11) is 0. The maximum absolute atomic E-state index is 13.5. The molecule has 2 heterocycles. The Labute approximate surface area is 198 Å². The maximum atomic E-state index is 13.5. The minimum absolute atomic E-state index is 0.0747. The number of rotatable bonds is 4. The van der Waals surface area contributed by atoms with Crippen molar-refractivity contribution in [2.24, 2.45) is 0 Å². The van der Waals surface area contributed by atoms with Crippen LogP contribution in [0.15, 0.2) is 54.6 Å². The van der Waals surface area contributed by atoms with Crippen LogP contribution in [0.1, 0.15) is 49.7 Å². The number of anilines is 1. The molecule has 0 unspecified atom stereocenters. The van der Waals surface area contributed by atoms with Crippen molar-refractivity contribution in [3.63, 3.8) is 0 Å². The quantitative estimate of drug-likeness (QED) is 0.412. The highest BCUT2D eigenvalue weighted by molar-refractivity contribution is 6.04. The van der Waals surface area contributed by atoms with Gasteiger partial charge in [-0.2, -0.15) is 0 Å². The molecule has 1 aliphatic heterocycles. The van der Waals surface area contributed by atoms with Crippen LogP contribution >= 0.6 is 0 Å². The minimum atomic E-state index is -2.99. The van der Waals surface area contributed by atoms with E-state index in [1.165, 1.54) is 6.07 Å². The van der Waals surface area contributed by atoms with E-state index in [0.717, 1.165) is 40.1 Å². The van der Waals surface area contributed by atoms with Crippen molar-refractivity contribution in [1.82, 2.24) is 14.9 Å². The molecule has 0 radical (unpaired) electrons. The Hall–Kier alpha value is -4.14. The van der Waals surface area contributed by atoms with E-state index in [-0.39, 0.29) is 11.6 Å². The zero-order valence-electron chi connectivity index (χ0n) is 18.7. The molecule has 4 aromatic rings. The van der Waals surface area contributed by atoms with E-state index in [4.69, 9.17) is 0 Å². The van der Waals surface area contributed by atoms with E-state index >= 15 is 0 Å². The number of aromatic amines is 1. The highest BCUT2D eigenvalue weighted by atomic mass is 19.3. The fraction of sp³-hybridized carbons (Fsp3) is 0.192. The number of imidazole rings is 1. The van der Waals surface area contributed by atoms with Gasteiger partial charge in [-0.3, -0.25) is 9.59 Å². The van der Waals surface area contributed by atoms with Crippen LogP contribution < -0.4 is 5.32 Å². The van der Waals surface area contributed by atoms with Gasteiger partial charge in [0.25, 0.3) is 18.2 Å². The number of amides is 2. The molecule has 0 bridgehead atoms. The van der Waals surface area contributed by atoms with Crippen molar-refractivity contribution in [3.05, 3.63) is 94.1 Å². The third kappa shape index (κ3) is 4.49. The summed E-state index contributed by atoms with van der Waals surface area (Å²) in [6.45, 7) is 2.73. The van der Waals surface area contributed by atoms with Crippen LogP contribution in [0.5, 0.6) is 0 Å². The number of fused-ring (bicyclic) bond motifs is 2. The molecule has 1 aliphatic rings. The number of aryl methyl sites for hydroxylation is 1.